The summed E-state index contributed by atoms with van der Waals surface area (Å²) < 4.78 is 4.59. The number of carbonyl (C=O) groups is 3. The van der Waals surface area contributed by atoms with Crippen molar-refractivity contribution in [1.29, 1.82) is 0 Å². The maximum absolute atomic E-state index is 10.9. The maximum Gasteiger partial charge on any atom is 0.330 e. The van der Waals surface area contributed by atoms with E-state index >= 15 is 0 Å². The molecule has 0 rings (SSSR count). The highest BCUT2D eigenvalue weighted by Crippen LogP contribution is 1.82. The minimum atomic E-state index is -0.536. The Morgan fingerprint density at radius 1 is 1.43 bits per heavy atom. The van der Waals surface area contributed by atoms with Gasteiger partial charge in [0.05, 0.1) is 13.0 Å². The van der Waals surface area contributed by atoms with Crippen LogP contribution in [0, 0.1) is 0 Å². The number of ketones is 1. The van der Waals surface area contributed by atoms with Crippen molar-refractivity contribution in [3.05, 3.63) is 12.7 Å². The molecule has 0 atom stereocenters. The number of hydrogen-bond acceptors (Lipinski definition) is 4. The first kappa shape index (κ1) is 12.3. The first-order valence-corrected chi connectivity index (χ1v) is 4.11. The van der Waals surface area contributed by atoms with Gasteiger partial charge in [0.1, 0.15) is 12.4 Å². The highest BCUT2D eigenvalue weighted by Gasteiger charge is 2.03. The van der Waals surface area contributed by atoms with Gasteiger partial charge in [0.25, 0.3) is 0 Å². The van der Waals surface area contributed by atoms with Crippen molar-refractivity contribution in [2.24, 2.45) is 0 Å². The van der Waals surface area contributed by atoms with E-state index in [0.717, 1.165) is 6.08 Å². The predicted molar refractivity (Wildman–Crippen MR) is 49.5 cm³/mol. The highest BCUT2D eigenvalue weighted by molar-refractivity contribution is 5.96. The fourth-order valence-corrected chi connectivity index (χ4v) is 0.690. The molecule has 0 aliphatic heterocycles. The van der Waals surface area contributed by atoms with Crippen LogP contribution < -0.4 is 5.32 Å². The van der Waals surface area contributed by atoms with E-state index in [0.29, 0.717) is 0 Å². The Balaban J connectivity index is 3.45. The van der Waals surface area contributed by atoms with E-state index in [4.69, 9.17) is 0 Å². The Hall–Kier alpha value is -1.65. The molecule has 0 radical (unpaired) electrons. The lowest BCUT2D eigenvalue weighted by molar-refractivity contribution is -0.138. The van der Waals surface area contributed by atoms with Crippen LogP contribution in [0.5, 0.6) is 0 Å². The molecule has 1 N–H and O–H groups in total. The third-order valence-electron chi connectivity index (χ3n) is 1.24. The normalized spacial score (nSPS) is 8.93. The molecule has 0 spiro atoms. The number of nitrogens with one attached hydrogen (secondary N) is 1. The largest absolute Gasteiger partial charge is 0.461 e. The summed E-state index contributed by atoms with van der Waals surface area (Å²) in [5.74, 6) is -1.11. The van der Waals surface area contributed by atoms with E-state index in [2.05, 4.69) is 16.6 Å². The van der Waals surface area contributed by atoms with Gasteiger partial charge in [-0.1, -0.05) is 6.58 Å². The third kappa shape index (κ3) is 7.02. The number of ether oxygens (including phenoxy) is 1. The van der Waals surface area contributed by atoms with Crippen LogP contribution in [0.1, 0.15) is 13.3 Å². The molecule has 0 bridgehead atoms. The monoisotopic (exact) mass is 199 g/mol. The van der Waals surface area contributed by atoms with E-state index in [9.17, 15) is 14.4 Å². The Kier molecular flexibility index (Phi) is 6.02. The van der Waals surface area contributed by atoms with Gasteiger partial charge in [-0.15, -0.1) is 0 Å². The van der Waals surface area contributed by atoms with Crippen molar-refractivity contribution in [3.63, 3.8) is 0 Å². The Morgan fingerprint density at radius 3 is 2.57 bits per heavy atom. The number of amides is 1. The zero-order chi connectivity index (χ0) is 11.0. The quantitative estimate of drug-likeness (QED) is 0.278. The average molecular weight is 199 g/mol. The first-order chi connectivity index (χ1) is 6.56. The molecule has 1 amide bonds. The molecular formula is C9H13NO4. The van der Waals surface area contributed by atoms with E-state index in [1.807, 2.05) is 0 Å². The zero-order valence-corrected chi connectivity index (χ0v) is 8.04. The molecule has 5 heteroatoms. The molecule has 0 saturated heterocycles. The molecule has 0 aromatic carbocycles. The summed E-state index contributed by atoms with van der Waals surface area (Å²) in [6, 6.07) is 0. The van der Waals surface area contributed by atoms with Crippen molar-refractivity contribution in [2.75, 3.05) is 13.2 Å². The van der Waals surface area contributed by atoms with Crippen LogP contribution in [0.3, 0.4) is 0 Å². The molecular weight excluding hydrogens is 186 g/mol. The van der Waals surface area contributed by atoms with Gasteiger partial charge in [0.15, 0.2) is 0 Å². The summed E-state index contributed by atoms with van der Waals surface area (Å²) in [5.41, 5.74) is 0. The Morgan fingerprint density at radius 2 is 2.07 bits per heavy atom. The van der Waals surface area contributed by atoms with Crippen molar-refractivity contribution in [2.45, 2.75) is 13.3 Å². The maximum atomic E-state index is 10.9. The number of rotatable bonds is 6. The number of hydrogen-bond donors (Lipinski definition) is 1. The van der Waals surface area contributed by atoms with Gasteiger partial charge in [-0.25, -0.2) is 4.79 Å². The molecule has 0 fully saturated rings. The van der Waals surface area contributed by atoms with Crippen molar-refractivity contribution in [1.82, 2.24) is 5.32 Å². The van der Waals surface area contributed by atoms with Crippen molar-refractivity contribution in [3.8, 4) is 0 Å². The van der Waals surface area contributed by atoms with Crippen molar-refractivity contribution < 1.29 is 19.1 Å². The minimum absolute atomic E-state index is 0.0779. The van der Waals surface area contributed by atoms with E-state index in [1.165, 1.54) is 6.92 Å². The number of esters is 1. The lowest BCUT2D eigenvalue weighted by Gasteiger charge is -2.03. The van der Waals surface area contributed by atoms with Crippen LogP contribution in [-0.4, -0.2) is 30.8 Å². The second-order valence-corrected chi connectivity index (χ2v) is 2.60. The topological polar surface area (TPSA) is 72.5 Å². The standard InChI is InChI=1S/C9H13NO4/c1-3-9(13)14-5-4-10-8(12)6-7(2)11/h3H,1,4-6H2,2H3,(H,10,12). The van der Waals surface area contributed by atoms with Crippen LogP contribution in [0.4, 0.5) is 0 Å². The zero-order valence-electron chi connectivity index (χ0n) is 8.04. The average Bonchev–Trinajstić information content (AvgIpc) is 2.10. The van der Waals surface area contributed by atoms with E-state index in [1.54, 1.807) is 0 Å². The van der Waals surface area contributed by atoms with Gasteiger partial charge in [0, 0.05) is 6.08 Å². The van der Waals surface area contributed by atoms with Gasteiger partial charge < -0.3 is 10.1 Å². The van der Waals surface area contributed by atoms with E-state index < -0.39 is 5.97 Å². The predicted octanol–water partition coefficient (Wildman–Crippen LogP) is -0.189. The van der Waals surface area contributed by atoms with Gasteiger partial charge in [-0.05, 0) is 6.92 Å². The highest BCUT2D eigenvalue weighted by atomic mass is 16.5. The molecule has 5 nitrogen and oxygen atoms in total. The van der Waals surface area contributed by atoms with Crippen LogP contribution in [0.15, 0.2) is 12.7 Å². The molecule has 0 aliphatic carbocycles. The molecule has 0 aromatic rings. The van der Waals surface area contributed by atoms with Crippen LogP contribution in [0.25, 0.3) is 0 Å². The summed E-state index contributed by atoms with van der Waals surface area (Å²) in [7, 11) is 0. The summed E-state index contributed by atoms with van der Waals surface area (Å²) in [6.07, 6.45) is 0.896. The lowest BCUT2D eigenvalue weighted by atomic mass is 10.3. The fraction of sp³-hybridized carbons (Fsp3) is 0.444. The van der Waals surface area contributed by atoms with Gasteiger partial charge in [-0.2, -0.15) is 0 Å². The molecule has 0 aromatic heterocycles. The molecule has 0 saturated carbocycles. The second kappa shape index (κ2) is 6.82. The Bertz CT molecular complexity index is 247. The SMILES string of the molecule is C=CC(=O)OCCNC(=O)CC(C)=O. The first-order valence-electron chi connectivity index (χ1n) is 4.11. The van der Waals surface area contributed by atoms with Gasteiger partial charge >= 0.3 is 5.97 Å². The number of Topliss-reactive ketones (excluding diaryl/α,β-unsaturated/α-hetero) is 1. The van der Waals surface area contributed by atoms with Crippen LogP contribution >= 0.6 is 0 Å². The molecule has 0 aliphatic rings. The van der Waals surface area contributed by atoms with Crippen molar-refractivity contribution >= 4 is 17.7 Å². The van der Waals surface area contributed by atoms with Gasteiger partial charge in [-0.3, -0.25) is 9.59 Å². The van der Waals surface area contributed by atoms with Gasteiger partial charge in [0.2, 0.25) is 5.91 Å². The molecule has 0 unspecified atom stereocenters. The Labute approximate surface area is 82.1 Å². The third-order valence-corrected chi connectivity index (χ3v) is 1.24. The minimum Gasteiger partial charge on any atom is -0.461 e. The van der Waals surface area contributed by atoms with E-state index in [-0.39, 0.29) is 31.3 Å². The fourth-order valence-electron chi connectivity index (χ4n) is 0.690. The van der Waals surface area contributed by atoms with Crippen LogP contribution in [-0.2, 0) is 19.1 Å². The molecule has 0 heterocycles. The summed E-state index contributed by atoms with van der Waals surface area (Å²) in [6.45, 7) is 4.82. The van der Waals surface area contributed by atoms with Crippen LogP contribution in [0.2, 0.25) is 0 Å². The second-order valence-electron chi connectivity index (χ2n) is 2.60. The summed E-state index contributed by atoms with van der Waals surface area (Å²) in [4.78, 5) is 31.9. The summed E-state index contributed by atoms with van der Waals surface area (Å²) >= 11 is 0. The number of carbonyl (C=O) groups excluding carboxylic acids is 3. The summed E-state index contributed by atoms with van der Waals surface area (Å²) in [5, 5.41) is 2.42. The molecule has 78 valence electrons. The molecule has 14 heavy (non-hydrogen) atoms. The lowest BCUT2D eigenvalue weighted by Crippen LogP contribution is -2.28. The smallest absolute Gasteiger partial charge is 0.330 e.